The fraction of sp³-hybridized carbons (Fsp3) is 0.263. The van der Waals surface area contributed by atoms with Crippen molar-refractivity contribution in [2.24, 2.45) is 5.92 Å². The van der Waals surface area contributed by atoms with Crippen molar-refractivity contribution in [2.45, 2.75) is 26.8 Å². The van der Waals surface area contributed by atoms with Gasteiger partial charge in [0, 0.05) is 25.1 Å². The van der Waals surface area contributed by atoms with Crippen molar-refractivity contribution in [3.05, 3.63) is 65.0 Å². The summed E-state index contributed by atoms with van der Waals surface area (Å²) in [4.78, 5) is 4.49. The average Bonchev–Trinajstić information content (AvgIpc) is 2.85. The molecule has 3 rings (SSSR count). The lowest BCUT2D eigenvalue weighted by atomic mass is 10.1. The minimum absolute atomic E-state index is 0.372. The lowest BCUT2D eigenvalue weighted by Gasteiger charge is -2.11. The number of aromatic nitrogens is 2. The molecular weight excluding hydrogens is 308 g/mol. The van der Waals surface area contributed by atoms with E-state index in [2.05, 4.69) is 24.9 Å². The Morgan fingerprint density at radius 3 is 2.42 bits per heavy atom. The topological polar surface area (TPSA) is 41.6 Å². The van der Waals surface area contributed by atoms with Crippen LogP contribution in [0.5, 0.6) is 0 Å². The number of imidazole rings is 1. The van der Waals surface area contributed by atoms with Crippen molar-refractivity contribution in [1.29, 1.82) is 5.26 Å². The molecule has 1 heterocycles. The Morgan fingerprint density at radius 1 is 1.12 bits per heavy atom. The molecule has 5 heteroatoms. The second-order valence-electron chi connectivity index (χ2n) is 6.28. The van der Waals surface area contributed by atoms with Crippen molar-refractivity contribution in [2.75, 3.05) is 0 Å². The SMILES string of the molecule is CC(C)Cc1nc2cc(F)c(F)cc2n1Cc1ccc(C#N)cc1. The first-order valence-electron chi connectivity index (χ1n) is 7.81. The van der Waals surface area contributed by atoms with E-state index in [1.54, 1.807) is 12.1 Å². The van der Waals surface area contributed by atoms with Gasteiger partial charge in [0.1, 0.15) is 5.82 Å². The van der Waals surface area contributed by atoms with E-state index in [0.717, 1.165) is 17.5 Å². The number of nitriles is 1. The van der Waals surface area contributed by atoms with Crippen LogP contribution in [-0.4, -0.2) is 9.55 Å². The first-order chi connectivity index (χ1) is 11.5. The summed E-state index contributed by atoms with van der Waals surface area (Å²) in [7, 11) is 0. The van der Waals surface area contributed by atoms with Gasteiger partial charge in [0.2, 0.25) is 0 Å². The molecular formula is C19H17F2N3. The second-order valence-corrected chi connectivity index (χ2v) is 6.28. The molecule has 0 aliphatic rings. The van der Waals surface area contributed by atoms with Gasteiger partial charge in [0.05, 0.1) is 22.7 Å². The molecule has 24 heavy (non-hydrogen) atoms. The molecule has 0 bridgehead atoms. The molecule has 0 unspecified atom stereocenters. The smallest absolute Gasteiger partial charge is 0.161 e. The van der Waals surface area contributed by atoms with Crippen molar-refractivity contribution in [1.82, 2.24) is 9.55 Å². The van der Waals surface area contributed by atoms with Crippen LogP contribution in [0.2, 0.25) is 0 Å². The van der Waals surface area contributed by atoms with Crippen LogP contribution in [0.25, 0.3) is 11.0 Å². The van der Waals surface area contributed by atoms with Gasteiger partial charge in [-0.05, 0) is 23.6 Å². The van der Waals surface area contributed by atoms with E-state index < -0.39 is 11.6 Å². The van der Waals surface area contributed by atoms with Gasteiger partial charge >= 0.3 is 0 Å². The summed E-state index contributed by atoms with van der Waals surface area (Å²) < 4.78 is 29.1. The highest BCUT2D eigenvalue weighted by atomic mass is 19.2. The molecule has 0 aliphatic carbocycles. The van der Waals surface area contributed by atoms with Gasteiger partial charge in [0.25, 0.3) is 0 Å². The number of hydrogen-bond donors (Lipinski definition) is 0. The molecule has 122 valence electrons. The Hall–Kier alpha value is -2.74. The molecule has 0 saturated heterocycles. The maximum atomic E-state index is 13.7. The second kappa shape index (κ2) is 6.40. The third kappa shape index (κ3) is 3.13. The molecule has 0 radical (unpaired) electrons. The van der Waals surface area contributed by atoms with Crippen LogP contribution < -0.4 is 0 Å². The molecule has 0 saturated carbocycles. The van der Waals surface area contributed by atoms with Crippen molar-refractivity contribution >= 4 is 11.0 Å². The molecule has 2 aromatic carbocycles. The van der Waals surface area contributed by atoms with Crippen molar-refractivity contribution in [3.63, 3.8) is 0 Å². The van der Waals surface area contributed by atoms with Crippen LogP contribution in [0, 0.1) is 28.9 Å². The number of nitrogens with zero attached hydrogens (tertiary/aromatic N) is 3. The zero-order valence-corrected chi connectivity index (χ0v) is 13.6. The minimum Gasteiger partial charge on any atom is -0.323 e. The lowest BCUT2D eigenvalue weighted by Crippen LogP contribution is -2.08. The number of hydrogen-bond acceptors (Lipinski definition) is 2. The van der Waals surface area contributed by atoms with Crippen LogP contribution in [-0.2, 0) is 13.0 Å². The predicted octanol–water partition coefficient (Wildman–Crippen LogP) is 4.43. The Bertz CT molecular complexity index is 918. The van der Waals surface area contributed by atoms with Crippen LogP contribution in [0.1, 0.15) is 30.8 Å². The Balaban J connectivity index is 2.08. The normalized spacial score (nSPS) is 11.2. The van der Waals surface area contributed by atoms with Gasteiger partial charge in [-0.1, -0.05) is 26.0 Å². The zero-order valence-electron chi connectivity index (χ0n) is 13.6. The van der Waals surface area contributed by atoms with Gasteiger partial charge in [-0.15, -0.1) is 0 Å². The summed E-state index contributed by atoms with van der Waals surface area (Å²) in [5, 5.41) is 8.88. The van der Waals surface area contributed by atoms with E-state index in [9.17, 15) is 8.78 Å². The van der Waals surface area contributed by atoms with Crippen LogP contribution in [0.15, 0.2) is 36.4 Å². The Kier molecular flexibility index (Phi) is 4.30. The molecule has 0 amide bonds. The molecule has 3 aromatic rings. The van der Waals surface area contributed by atoms with Crippen LogP contribution in [0.3, 0.4) is 0 Å². The van der Waals surface area contributed by atoms with E-state index in [-0.39, 0.29) is 0 Å². The highest BCUT2D eigenvalue weighted by Gasteiger charge is 2.15. The van der Waals surface area contributed by atoms with Gasteiger partial charge in [-0.2, -0.15) is 5.26 Å². The molecule has 0 N–H and O–H groups in total. The van der Waals surface area contributed by atoms with Gasteiger partial charge in [-0.25, -0.2) is 13.8 Å². The van der Waals surface area contributed by atoms with Gasteiger partial charge in [0.15, 0.2) is 11.6 Å². The standard InChI is InChI=1S/C19H17F2N3/c1-12(2)7-19-23-17-8-15(20)16(21)9-18(17)24(19)11-14-5-3-13(10-22)4-6-14/h3-6,8-9,12H,7,11H2,1-2H3. The number of fused-ring (bicyclic) bond motifs is 1. The number of rotatable bonds is 4. The van der Waals surface area contributed by atoms with E-state index in [4.69, 9.17) is 5.26 Å². The van der Waals surface area contributed by atoms with E-state index in [0.29, 0.717) is 35.5 Å². The summed E-state index contributed by atoms with van der Waals surface area (Å²) in [5.74, 6) is -0.591. The van der Waals surface area contributed by atoms with E-state index in [1.807, 2.05) is 16.7 Å². The van der Waals surface area contributed by atoms with E-state index in [1.165, 1.54) is 6.07 Å². The third-order valence-corrected chi connectivity index (χ3v) is 3.88. The summed E-state index contributed by atoms with van der Waals surface area (Å²) >= 11 is 0. The van der Waals surface area contributed by atoms with Crippen LogP contribution in [0.4, 0.5) is 8.78 Å². The largest absolute Gasteiger partial charge is 0.323 e. The molecule has 0 fully saturated rings. The maximum absolute atomic E-state index is 13.7. The fourth-order valence-corrected chi connectivity index (χ4v) is 2.73. The third-order valence-electron chi connectivity index (χ3n) is 3.88. The Labute approximate surface area is 139 Å². The molecule has 0 aliphatic heterocycles. The quantitative estimate of drug-likeness (QED) is 0.712. The van der Waals surface area contributed by atoms with Gasteiger partial charge < -0.3 is 4.57 Å². The number of halogens is 2. The lowest BCUT2D eigenvalue weighted by molar-refractivity contribution is 0.510. The van der Waals surface area contributed by atoms with E-state index >= 15 is 0 Å². The van der Waals surface area contributed by atoms with Crippen LogP contribution >= 0.6 is 0 Å². The molecule has 1 aromatic heterocycles. The van der Waals surface area contributed by atoms with Crippen molar-refractivity contribution in [3.8, 4) is 6.07 Å². The zero-order chi connectivity index (χ0) is 17.3. The summed E-state index contributed by atoms with van der Waals surface area (Å²) in [5.41, 5.74) is 2.60. The highest BCUT2D eigenvalue weighted by molar-refractivity contribution is 5.76. The van der Waals surface area contributed by atoms with Gasteiger partial charge in [-0.3, -0.25) is 0 Å². The van der Waals surface area contributed by atoms with Crippen molar-refractivity contribution < 1.29 is 8.78 Å². The molecule has 0 spiro atoms. The Morgan fingerprint density at radius 2 is 1.79 bits per heavy atom. The monoisotopic (exact) mass is 325 g/mol. The minimum atomic E-state index is -0.887. The average molecular weight is 325 g/mol. The predicted molar refractivity (Wildman–Crippen MR) is 88.5 cm³/mol. The number of benzene rings is 2. The molecule has 0 atom stereocenters. The first-order valence-corrected chi connectivity index (χ1v) is 7.81. The maximum Gasteiger partial charge on any atom is 0.161 e. The summed E-state index contributed by atoms with van der Waals surface area (Å²) in [6.07, 6.45) is 0.716. The summed E-state index contributed by atoms with van der Waals surface area (Å²) in [6.45, 7) is 4.65. The highest BCUT2D eigenvalue weighted by Crippen LogP contribution is 2.23. The summed E-state index contributed by atoms with van der Waals surface area (Å²) in [6, 6.07) is 11.6. The molecule has 3 nitrogen and oxygen atoms in total. The fourth-order valence-electron chi connectivity index (χ4n) is 2.73. The first kappa shape index (κ1) is 16.1.